The quantitative estimate of drug-likeness (QED) is 0.296. The fourth-order valence-corrected chi connectivity index (χ4v) is 5.21. The number of hydrogen-bond donors (Lipinski definition) is 2. The van der Waals surface area contributed by atoms with Crippen LogP contribution in [0.4, 0.5) is 8.78 Å². The lowest BCUT2D eigenvalue weighted by molar-refractivity contribution is 0.0115. The highest BCUT2D eigenvalue weighted by molar-refractivity contribution is 5.98. The fourth-order valence-electron chi connectivity index (χ4n) is 5.21. The maximum absolute atomic E-state index is 13.6. The number of alkyl halides is 2. The van der Waals surface area contributed by atoms with Crippen molar-refractivity contribution in [2.45, 2.75) is 18.9 Å². The fraction of sp³-hybridized carbons (Fsp3) is 0.172. The number of aromatic nitrogens is 6. The zero-order valence-corrected chi connectivity index (χ0v) is 20.3. The minimum absolute atomic E-state index is 0.0749. The van der Waals surface area contributed by atoms with Crippen LogP contribution in [-0.2, 0) is 6.54 Å². The summed E-state index contributed by atoms with van der Waals surface area (Å²) in [4.78, 5) is 18.6. The lowest BCUT2D eigenvalue weighted by atomic mass is 10.0. The monoisotopic (exact) mass is 507 g/mol. The number of fused-ring (bicyclic) bond motifs is 2. The molecule has 0 radical (unpaired) electrons. The van der Waals surface area contributed by atoms with E-state index in [4.69, 9.17) is 4.98 Å². The second-order valence-corrected chi connectivity index (χ2v) is 9.75. The molecule has 38 heavy (non-hydrogen) atoms. The summed E-state index contributed by atoms with van der Waals surface area (Å²) in [6.45, 7) is 0.740. The molecule has 5 heterocycles. The van der Waals surface area contributed by atoms with Crippen LogP contribution >= 0.6 is 0 Å². The Morgan fingerprint density at radius 2 is 1.76 bits per heavy atom. The standard InChI is InChI=1S/C29H23F2N7/c30-29(31)8-11-38(17-29)16-18-2-1-3-20(12-18)21-4-5-24-22(13-21)27(37-36-24)28-34-25-15-33-14-23(26(25)35-28)19-6-9-32-10-7-19/h1-7,9-10,12-15H,8,11,16-17H2,(H,34,35)(H,36,37). The van der Waals surface area contributed by atoms with Crippen molar-refractivity contribution in [2.24, 2.45) is 0 Å². The average molecular weight is 508 g/mol. The van der Waals surface area contributed by atoms with Gasteiger partial charge in [-0.15, -0.1) is 0 Å². The topological polar surface area (TPSA) is 86.4 Å². The maximum Gasteiger partial charge on any atom is 0.261 e. The molecule has 4 aromatic heterocycles. The van der Waals surface area contributed by atoms with Gasteiger partial charge in [-0.25, -0.2) is 13.8 Å². The third-order valence-corrected chi connectivity index (χ3v) is 7.09. The number of benzene rings is 2. The molecule has 0 spiro atoms. The molecule has 2 N–H and O–H groups in total. The highest BCUT2D eigenvalue weighted by Gasteiger charge is 2.37. The molecule has 0 amide bonds. The lowest BCUT2D eigenvalue weighted by Gasteiger charge is -2.16. The predicted octanol–water partition coefficient (Wildman–Crippen LogP) is 6.07. The highest BCUT2D eigenvalue weighted by Crippen LogP contribution is 2.33. The Morgan fingerprint density at radius 1 is 0.895 bits per heavy atom. The third kappa shape index (κ3) is 4.10. The summed E-state index contributed by atoms with van der Waals surface area (Å²) < 4.78 is 27.3. The molecule has 188 valence electrons. The van der Waals surface area contributed by atoms with E-state index in [0.29, 0.717) is 24.6 Å². The molecule has 6 aromatic rings. The van der Waals surface area contributed by atoms with Crippen molar-refractivity contribution in [3.63, 3.8) is 0 Å². The van der Waals surface area contributed by atoms with Gasteiger partial charge in [0.1, 0.15) is 5.69 Å². The van der Waals surface area contributed by atoms with E-state index >= 15 is 0 Å². The lowest BCUT2D eigenvalue weighted by Crippen LogP contribution is -2.24. The van der Waals surface area contributed by atoms with Crippen LogP contribution in [0.2, 0.25) is 0 Å². The van der Waals surface area contributed by atoms with Crippen LogP contribution in [0, 0.1) is 0 Å². The zero-order valence-electron chi connectivity index (χ0n) is 20.3. The van der Waals surface area contributed by atoms with E-state index in [-0.39, 0.29) is 13.0 Å². The van der Waals surface area contributed by atoms with E-state index < -0.39 is 5.92 Å². The summed E-state index contributed by atoms with van der Waals surface area (Å²) in [6.07, 6.45) is 6.99. The molecule has 1 fully saturated rings. The minimum Gasteiger partial charge on any atom is -0.335 e. The number of halogens is 2. The van der Waals surface area contributed by atoms with Crippen LogP contribution in [0.1, 0.15) is 12.0 Å². The Labute approximate surface area is 216 Å². The summed E-state index contributed by atoms with van der Waals surface area (Å²) in [5.41, 5.74) is 8.21. The van der Waals surface area contributed by atoms with Crippen molar-refractivity contribution in [1.29, 1.82) is 0 Å². The molecule has 0 aliphatic carbocycles. The van der Waals surface area contributed by atoms with E-state index in [1.165, 1.54) is 0 Å². The van der Waals surface area contributed by atoms with Crippen molar-refractivity contribution in [2.75, 3.05) is 13.1 Å². The molecule has 9 heteroatoms. The Bertz CT molecular complexity index is 1770. The first-order chi connectivity index (χ1) is 18.5. The van der Waals surface area contributed by atoms with Crippen LogP contribution in [0.5, 0.6) is 0 Å². The van der Waals surface area contributed by atoms with Crippen molar-refractivity contribution < 1.29 is 8.78 Å². The summed E-state index contributed by atoms with van der Waals surface area (Å²) in [7, 11) is 0. The van der Waals surface area contributed by atoms with Gasteiger partial charge in [-0.05, 0) is 52.6 Å². The first-order valence-corrected chi connectivity index (χ1v) is 12.4. The van der Waals surface area contributed by atoms with Gasteiger partial charge in [0.15, 0.2) is 5.82 Å². The number of likely N-dealkylation sites (tertiary alicyclic amines) is 1. The van der Waals surface area contributed by atoms with Crippen molar-refractivity contribution in [3.05, 3.63) is 84.9 Å². The number of imidazole rings is 1. The van der Waals surface area contributed by atoms with Gasteiger partial charge < -0.3 is 4.98 Å². The first kappa shape index (κ1) is 22.7. The normalized spacial score (nSPS) is 15.5. The SMILES string of the molecule is FC1(F)CCN(Cc2cccc(-c3ccc4[nH]nc(-c5nc6c(-c7ccncc7)cncc6[nH]5)c4c3)c2)C1. The average Bonchev–Trinajstić information content (AvgIpc) is 3.64. The largest absolute Gasteiger partial charge is 0.335 e. The molecule has 7 rings (SSSR count). The number of rotatable bonds is 5. The molecule has 1 aliphatic heterocycles. The van der Waals surface area contributed by atoms with Crippen molar-refractivity contribution in [3.8, 4) is 33.8 Å². The smallest absolute Gasteiger partial charge is 0.261 e. The number of nitrogens with zero attached hydrogens (tertiary/aromatic N) is 5. The molecule has 0 saturated carbocycles. The number of pyridine rings is 2. The van der Waals surface area contributed by atoms with E-state index in [9.17, 15) is 8.78 Å². The second-order valence-electron chi connectivity index (χ2n) is 9.75. The van der Waals surface area contributed by atoms with Crippen LogP contribution < -0.4 is 0 Å². The Hall–Kier alpha value is -4.50. The van der Waals surface area contributed by atoms with Gasteiger partial charge in [0, 0.05) is 49.1 Å². The Balaban J connectivity index is 1.24. The molecule has 0 unspecified atom stereocenters. The van der Waals surface area contributed by atoms with Gasteiger partial charge in [0.05, 0.1) is 29.3 Å². The van der Waals surface area contributed by atoms with Gasteiger partial charge in [-0.1, -0.05) is 24.3 Å². The molecule has 1 aliphatic rings. The molecular formula is C29H23F2N7. The molecule has 2 aromatic carbocycles. The van der Waals surface area contributed by atoms with Gasteiger partial charge >= 0.3 is 0 Å². The Kier molecular flexibility index (Phi) is 5.26. The third-order valence-electron chi connectivity index (χ3n) is 7.09. The van der Waals surface area contributed by atoms with E-state index in [2.05, 4.69) is 37.3 Å². The first-order valence-electron chi connectivity index (χ1n) is 12.4. The molecular weight excluding hydrogens is 484 g/mol. The highest BCUT2D eigenvalue weighted by atomic mass is 19.3. The van der Waals surface area contributed by atoms with E-state index in [0.717, 1.165) is 49.8 Å². The zero-order chi connectivity index (χ0) is 25.7. The van der Waals surface area contributed by atoms with Crippen LogP contribution in [0.3, 0.4) is 0 Å². The summed E-state index contributed by atoms with van der Waals surface area (Å²) in [5, 5.41) is 8.62. The maximum atomic E-state index is 13.6. The van der Waals surface area contributed by atoms with Crippen LogP contribution in [0.25, 0.3) is 55.7 Å². The van der Waals surface area contributed by atoms with Crippen molar-refractivity contribution in [1.82, 2.24) is 35.0 Å². The summed E-state index contributed by atoms with van der Waals surface area (Å²) in [6, 6.07) is 18.1. The van der Waals surface area contributed by atoms with E-state index in [1.54, 1.807) is 24.8 Å². The number of hydrogen-bond acceptors (Lipinski definition) is 5. The number of aromatic amines is 2. The van der Waals surface area contributed by atoms with Crippen molar-refractivity contribution >= 4 is 21.9 Å². The summed E-state index contributed by atoms with van der Waals surface area (Å²) in [5.74, 6) is -1.94. The molecule has 7 nitrogen and oxygen atoms in total. The van der Waals surface area contributed by atoms with Gasteiger partial charge in [-0.3, -0.25) is 20.0 Å². The van der Waals surface area contributed by atoms with Gasteiger partial charge in [-0.2, -0.15) is 5.10 Å². The predicted molar refractivity (Wildman–Crippen MR) is 142 cm³/mol. The van der Waals surface area contributed by atoms with E-state index in [1.807, 2.05) is 47.4 Å². The minimum atomic E-state index is -2.59. The molecule has 1 saturated heterocycles. The molecule has 0 atom stereocenters. The Morgan fingerprint density at radius 3 is 2.61 bits per heavy atom. The number of H-pyrrole nitrogens is 2. The second kappa shape index (κ2) is 8.81. The van der Waals surface area contributed by atoms with Crippen LogP contribution in [0.15, 0.2) is 79.4 Å². The molecule has 0 bridgehead atoms. The van der Waals surface area contributed by atoms with Gasteiger partial charge in [0.2, 0.25) is 0 Å². The van der Waals surface area contributed by atoms with Crippen LogP contribution in [-0.4, -0.2) is 54.0 Å². The number of nitrogens with one attached hydrogen (secondary N) is 2. The van der Waals surface area contributed by atoms with Gasteiger partial charge in [0.25, 0.3) is 5.92 Å². The summed E-state index contributed by atoms with van der Waals surface area (Å²) >= 11 is 0.